The zero-order chi connectivity index (χ0) is 14.5. The van der Waals surface area contributed by atoms with Gasteiger partial charge in [0.15, 0.2) is 0 Å². The lowest BCUT2D eigenvalue weighted by Gasteiger charge is -2.06. The van der Waals surface area contributed by atoms with Gasteiger partial charge in [-0.2, -0.15) is 5.10 Å². The van der Waals surface area contributed by atoms with Gasteiger partial charge in [-0.15, -0.1) is 0 Å². The Hall–Kier alpha value is -1.39. The molecule has 0 bridgehead atoms. The molecule has 0 aliphatic heterocycles. The van der Waals surface area contributed by atoms with E-state index in [1.807, 2.05) is 12.4 Å². The van der Waals surface area contributed by atoms with E-state index in [1.165, 1.54) is 6.07 Å². The van der Waals surface area contributed by atoms with Crippen LogP contribution >= 0.6 is 11.6 Å². The number of rotatable bonds is 6. The van der Waals surface area contributed by atoms with Gasteiger partial charge in [-0.25, -0.2) is 9.07 Å². The van der Waals surface area contributed by atoms with Crippen molar-refractivity contribution in [3.8, 4) is 5.69 Å². The van der Waals surface area contributed by atoms with Crippen LogP contribution < -0.4 is 5.32 Å². The molecule has 1 aromatic carbocycles. The largest absolute Gasteiger partial charge is 0.315 e. The van der Waals surface area contributed by atoms with Crippen LogP contribution in [0.15, 0.2) is 30.6 Å². The van der Waals surface area contributed by atoms with Gasteiger partial charge in [0.25, 0.3) is 0 Å². The fourth-order valence-corrected chi connectivity index (χ4v) is 2.06. The molecule has 0 spiro atoms. The van der Waals surface area contributed by atoms with E-state index in [-0.39, 0.29) is 5.02 Å². The van der Waals surface area contributed by atoms with E-state index in [1.54, 1.807) is 16.8 Å². The number of aromatic nitrogens is 2. The molecule has 0 saturated heterocycles. The van der Waals surface area contributed by atoms with Crippen molar-refractivity contribution in [2.45, 2.75) is 32.7 Å². The van der Waals surface area contributed by atoms with Gasteiger partial charge in [0.2, 0.25) is 0 Å². The van der Waals surface area contributed by atoms with Gasteiger partial charge in [-0.05, 0) is 37.1 Å². The first-order valence-electron chi connectivity index (χ1n) is 6.78. The minimum absolute atomic E-state index is 0.126. The van der Waals surface area contributed by atoms with Gasteiger partial charge in [0.05, 0.1) is 16.9 Å². The molecule has 0 saturated carbocycles. The van der Waals surface area contributed by atoms with E-state index in [2.05, 4.69) is 24.3 Å². The Morgan fingerprint density at radius 2 is 2.20 bits per heavy atom. The molecular formula is C15H19ClFN3. The number of hydrogen-bond acceptors (Lipinski definition) is 2. The topological polar surface area (TPSA) is 29.9 Å². The van der Waals surface area contributed by atoms with Crippen LogP contribution in [0.4, 0.5) is 4.39 Å². The molecule has 2 aromatic rings. The monoisotopic (exact) mass is 295 g/mol. The minimum Gasteiger partial charge on any atom is -0.315 e. The summed E-state index contributed by atoms with van der Waals surface area (Å²) in [5, 5.41) is 7.76. The maximum atomic E-state index is 13.4. The van der Waals surface area contributed by atoms with Crippen molar-refractivity contribution in [3.63, 3.8) is 0 Å². The molecule has 1 aromatic heterocycles. The summed E-state index contributed by atoms with van der Waals surface area (Å²) in [6.07, 6.45) is 5.76. The van der Waals surface area contributed by atoms with Gasteiger partial charge in [0, 0.05) is 18.3 Å². The van der Waals surface area contributed by atoms with Crippen LogP contribution in [0, 0.1) is 5.82 Å². The zero-order valence-corrected chi connectivity index (χ0v) is 12.5. The lowest BCUT2D eigenvalue weighted by atomic mass is 10.2. The number of nitrogens with zero attached hydrogens (tertiary/aromatic N) is 2. The second-order valence-electron chi connectivity index (χ2n) is 5.10. The highest BCUT2D eigenvalue weighted by Gasteiger charge is 2.05. The van der Waals surface area contributed by atoms with E-state index in [4.69, 9.17) is 11.6 Å². The molecule has 0 fully saturated rings. The van der Waals surface area contributed by atoms with Crippen LogP contribution in [0.3, 0.4) is 0 Å². The van der Waals surface area contributed by atoms with Gasteiger partial charge < -0.3 is 5.32 Å². The molecule has 0 amide bonds. The SMILES string of the molecule is CC(C)NCCCc1cnn(-c2ccc(Cl)c(F)c2)c1. The van der Waals surface area contributed by atoms with E-state index in [0.717, 1.165) is 24.9 Å². The van der Waals surface area contributed by atoms with Crippen LogP contribution in [0.25, 0.3) is 5.69 Å². The Labute approximate surface area is 123 Å². The summed E-state index contributed by atoms with van der Waals surface area (Å²) < 4.78 is 15.1. The lowest BCUT2D eigenvalue weighted by Crippen LogP contribution is -2.23. The molecule has 3 nitrogen and oxygen atoms in total. The maximum absolute atomic E-state index is 13.4. The average molecular weight is 296 g/mol. The van der Waals surface area contributed by atoms with Crippen molar-refractivity contribution in [3.05, 3.63) is 47.0 Å². The maximum Gasteiger partial charge on any atom is 0.143 e. The Morgan fingerprint density at radius 3 is 2.90 bits per heavy atom. The Balaban J connectivity index is 1.96. The summed E-state index contributed by atoms with van der Waals surface area (Å²) in [7, 11) is 0. The standard InChI is InChI=1S/C15H19ClFN3/c1-11(2)18-7-3-4-12-9-19-20(10-12)13-5-6-14(16)15(17)8-13/h5-6,8-11,18H,3-4,7H2,1-2H3. The quantitative estimate of drug-likeness (QED) is 0.825. The van der Waals surface area contributed by atoms with Crippen molar-refractivity contribution in [2.24, 2.45) is 0 Å². The average Bonchev–Trinajstić information content (AvgIpc) is 2.86. The molecular weight excluding hydrogens is 277 g/mol. The van der Waals surface area contributed by atoms with E-state index < -0.39 is 5.82 Å². The molecule has 0 atom stereocenters. The number of nitrogens with one attached hydrogen (secondary N) is 1. The Bertz CT molecular complexity index is 566. The highest BCUT2D eigenvalue weighted by atomic mass is 35.5. The number of aryl methyl sites for hydroxylation is 1. The van der Waals surface area contributed by atoms with E-state index in [9.17, 15) is 4.39 Å². The summed E-state index contributed by atoms with van der Waals surface area (Å²) >= 11 is 5.67. The summed E-state index contributed by atoms with van der Waals surface area (Å²) in [4.78, 5) is 0. The van der Waals surface area contributed by atoms with Crippen molar-refractivity contribution < 1.29 is 4.39 Å². The number of halogens is 2. The minimum atomic E-state index is -0.428. The fourth-order valence-electron chi connectivity index (χ4n) is 1.94. The van der Waals surface area contributed by atoms with Crippen LogP contribution in [0.2, 0.25) is 5.02 Å². The summed E-state index contributed by atoms with van der Waals surface area (Å²) in [5.74, 6) is -0.428. The van der Waals surface area contributed by atoms with Gasteiger partial charge in [-0.1, -0.05) is 25.4 Å². The Morgan fingerprint density at radius 1 is 1.40 bits per heavy atom. The van der Waals surface area contributed by atoms with E-state index in [0.29, 0.717) is 11.7 Å². The highest BCUT2D eigenvalue weighted by molar-refractivity contribution is 6.30. The predicted molar refractivity (Wildman–Crippen MR) is 80.0 cm³/mol. The molecule has 0 radical (unpaired) electrons. The van der Waals surface area contributed by atoms with Gasteiger partial charge in [0.1, 0.15) is 5.82 Å². The third-order valence-electron chi connectivity index (χ3n) is 3.00. The summed E-state index contributed by atoms with van der Waals surface area (Å²) in [6.45, 7) is 5.25. The summed E-state index contributed by atoms with van der Waals surface area (Å²) in [5.41, 5.74) is 1.82. The molecule has 108 valence electrons. The van der Waals surface area contributed by atoms with Crippen molar-refractivity contribution >= 4 is 11.6 Å². The number of benzene rings is 1. The smallest absolute Gasteiger partial charge is 0.143 e. The first kappa shape index (κ1) is 15.0. The second kappa shape index (κ2) is 6.86. The highest BCUT2D eigenvalue weighted by Crippen LogP contribution is 2.18. The third-order valence-corrected chi connectivity index (χ3v) is 3.31. The molecule has 2 rings (SSSR count). The fraction of sp³-hybridized carbons (Fsp3) is 0.400. The van der Waals surface area contributed by atoms with Gasteiger partial charge >= 0.3 is 0 Å². The van der Waals surface area contributed by atoms with Gasteiger partial charge in [-0.3, -0.25) is 0 Å². The predicted octanol–water partition coefficient (Wildman–Crippen LogP) is 3.60. The normalized spacial score (nSPS) is 11.2. The number of hydrogen-bond donors (Lipinski definition) is 1. The molecule has 20 heavy (non-hydrogen) atoms. The second-order valence-corrected chi connectivity index (χ2v) is 5.51. The van der Waals surface area contributed by atoms with E-state index >= 15 is 0 Å². The van der Waals surface area contributed by atoms with Crippen molar-refractivity contribution in [1.82, 2.24) is 15.1 Å². The molecule has 1 N–H and O–H groups in total. The molecule has 1 heterocycles. The van der Waals surface area contributed by atoms with Crippen LogP contribution in [0.5, 0.6) is 0 Å². The lowest BCUT2D eigenvalue weighted by molar-refractivity contribution is 0.570. The van der Waals surface area contributed by atoms with Crippen molar-refractivity contribution in [2.75, 3.05) is 6.54 Å². The molecule has 0 unspecified atom stereocenters. The van der Waals surface area contributed by atoms with Crippen molar-refractivity contribution in [1.29, 1.82) is 0 Å². The molecule has 5 heteroatoms. The first-order chi connectivity index (χ1) is 9.56. The van der Waals surface area contributed by atoms with Crippen LogP contribution in [-0.4, -0.2) is 22.4 Å². The molecule has 0 aliphatic carbocycles. The third kappa shape index (κ3) is 4.05. The molecule has 0 aliphatic rings. The zero-order valence-electron chi connectivity index (χ0n) is 11.7. The first-order valence-corrected chi connectivity index (χ1v) is 7.16. The van der Waals surface area contributed by atoms with Crippen LogP contribution in [0.1, 0.15) is 25.8 Å². The van der Waals surface area contributed by atoms with Crippen LogP contribution in [-0.2, 0) is 6.42 Å². The Kier molecular flexibility index (Phi) is 5.15. The summed E-state index contributed by atoms with van der Waals surface area (Å²) in [6, 6.07) is 5.19.